The Morgan fingerprint density at radius 1 is 1.13 bits per heavy atom. The van der Waals surface area contributed by atoms with Crippen LogP contribution in [0.2, 0.25) is 5.02 Å². The number of para-hydroxylation sites is 1. The van der Waals surface area contributed by atoms with Gasteiger partial charge < -0.3 is 4.74 Å². The largest absolute Gasteiger partial charge is 0.490 e. The predicted octanol–water partition coefficient (Wildman–Crippen LogP) is 2.92. The molecule has 0 atom stereocenters. The number of rotatable bonds is 5. The van der Waals surface area contributed by atoms with Gasteiger partial charge in [0, 0.05) is 5.02 Å². The van der Waals surface area contributed by atoms with Crippen LogP contribution in [-0.4, -0.2) is 26.4 Å². The highest BCUT2D eigenvalue weighted by Gasteiger charge is 2.09. The Morgan fingerprint density at radius 3 is 2.65 bits per heavy atom. The Bertz CT molecular complexity index is 863. The van der Waals surface area contributed by atoms with Crippen molar-refractivity contribution in [3.63, 3.8) is 0 Å². The average Bonchev–Trinajstić information content (AvgIpc) is 2.91. The van der Waals surface area contributed by atoms with Crippen molar-refractivity contribution in [1.82, 2.24) is 19.8 Å². The highest BCUT2D eigenvalue weighted by Crippen LogP contribution is 2.27. The lowest BCUT2D eigenvalue weighted by molar-refractivity contribution is 0.286. The summed E-state index contributed by atoms with van der Waals surface area (Å²) in [6, 6.07) is 14.4. The van der Waals surface area contributed by atoms with Crippen LogP contribution in [0.4, 0.5) is 0 Å². The molecule has 0 N–H and O–H groups in total. The summed E-state index contributed by atoms with van der Waals surface area (Å²) < 4.78 is 8.89. The molecule has 3 aromatic rings. The molecule has 0 aliphatic carbocycles. The molecule has 3 rings (SSSR count). The first-order valence-corrected chi connectivity index (χ1v) is 7.98. The van der Waals surface area contributed by atoms with Crippen molar-refractivity contribution >= 4 is 27.5 Å². The predicted molar refractivity (Wildman–Crippen MR) is 90.3 cm³/mol. The second-order valence-electron chi connectivity index (χ2n) is 4.66. The summed E-state index contributed by atoms with van der Waals surface area (Å²) >= 11 is 9.25. The van der Waals surface area contributed by atoms with Gasteiger partial charge >= 0.3 is 5.69 Å². The maximum Gasteiger partial charge on any atom is 0.368 e. The first-order chi connectivity index (χ1) is 11.1. The van der Waals surface area contributed by atoms with Crippen molar-refractivity contribution < 1.29 is 4.74 Å². The third-order valence-corrected chi connectivity index (χ3v) is 3.95. The molecule has 2 aromatic carbocycles. The minimum Gasteiger partial charge on any atom is -0.490 e. The van der Waals surface area contributed by atoms with Gasteiger partial charge in [0.1, 0.15) is 12.4 Å². The minimum absolute atomic E-state index is 0.285. The molecule has 6 nitrogen and oxygen atoms in total. The van der Waals surface area contributed by atoms with E-state index in [1.807, 2.05) is 18.2 Å². The van der Waals surface area contributed by atoms with Crippen LogP contribution in [0.15, 0.2) is 57.8 Å². The highest BCUT2D eigenvalue weighted by atomic mass is 79.9. The molecule has 8 heteroatoms. The Kier molecular flexibility index (Phi) is 4.78. The van der Waals surface area contributed by atoms with E-state index in [2.05, 4.69) is 26.4 Å². The van der Waals surface area contributed by atoms with E-state index in [-0.39, 0.29) is 12.3 Å². The molecule has 0 amide bonds. The third kappa shape index (κ3) is 3.62. The van der Waals surface area contributed by atoms with Crippen LogP contribution in [-0.2, 0) is 6.54 Å². The van der Waals surface area contributed by atoms with Crippen LogP contribution in [0.1, 0.15) is 0 Å². The lowest BCUT2D eigenvalue weighted by Gasteiger charge is -2.07. The van der Waals surface area contributed by atoms with Crippen molar-refractivity contribution in [1.29, 1.82) is 0 Å². The zero-order valence-electron chi connectivity index (χ0n) is 11.9. The molecule has 0 radical (unpaired) electrons. The van der Waals surface area contributed by atoms with E-state index >= 15 is 0 Å². The molecule has 23 heavy (non-hydrogen) atoms. The fourth-order valence-corrected chi connectivity index (χ4v) is 2.78. The van der Waals surface area contributed by atoms with E-state index in [9.17, 15) is 4.79 Å². The van der Waals surface area contributed by atoms with Crippen LogP contribution in [0, 0.1) is 0 Å². The zero-order chi connectivity index (χ0) is 16.2. The minimum atomic E-state index is -0.310. The van der Waals surface area contributed by atoms with Crippen molar-refractivity contribution in [2.75, 3.05) is 6.61 Å². The van der Waals surface area contributed by atoms with E-state index in [0.717, 1.165) is 4.47 Å². The fraction of sp³-hybridized carbons (Fsp3) is 0.133. The normalized spacial score (nSPS) is 10.7. The van der Waals surface area contributed by atoms with Crippen LogP contribution in [0.3, 0.4) is 0 Å². The van der Waals surface area contributed by atoms with Crippen LogP contribution in [0.25, 0.3) is 5.69 Å². The average molecular weight is 396 g/mol. The SMILES string of the molecule is O=c1n(CCOc2ccc(Cl)cc2Br)nnn1-c1ccccc1. The molecule has 0 fully saturated rings. The number of hydrogen-bond donors (Lipinski definition) is 0. The topological polar surface area (TPSA) is 61.9 Å². The van der Waals surface area contributed by atoms with E-state index in [4.69, 9.17) is 16.3 Å². The molecule has 0 saturated carbocycles. The fourth-order valence-electron chi connectivity index (χ4n) is 1.98. The maximum atomic E-state index is 12.2. The van der Waals surface area contributed by atoms with Crippen LogP contribution < -0.4 is 10.4 Å². The van der Waals surface area contributed by atoms with Gasteiger partial charge in [-0.25, -0.2) is 4.79 Å². The third-order valence-electron chi connectivity index (χ3n) is 3.09. The quantitative estimate of drug-likeness (QED) is 0.666. The van der Waals surface area contributed by atoms with Gasteiger partial charge in [0.2, 0.25) is 0 Å². The van der Waals surface area contributed by atoms with Gasteiger partial charge in [-0.3, -0.25) is 0 Å². The lowest BCUT2D eigenvalue weighted by Crippen LogP contribution is -2.26. The van der Waals surface area contributed by atoms with Crippen molar-refractivity contribution in [3.05, 3.63) is 68.5 Å². The van der Waals surface area contributed by atoms with E-state index < -0.39 is 0 Å². The summed E-state index contributed by atoms with van der Waals surface area (Å²) in [7, 11) is 0. The van der Waals surface area contributed by atoms with Gasteiger partial charge in [0.25, 0.3) is 0 Å². The summed E-state index contributed by atoms with van der Waals surface area (Å²) in [6.07, 6.45) is 0. The first-order valence-electron chi connectivity index (χ1n) is 6.81. The Morgan fingerprint density at radius 2 is 1.91 bits per heavy atom. The van der Waals surface area contributed by atoms with E-state index in [0.29, 0.717) is 23.0 Å². The first kappa shape index (κ1) is 15.8. The van der Waals surface area contributed by atoms with E-state index in [1.165, 1.54) is 9.36 Å². The molecule has 0 aliphatic heterocycles. The van der Waals surface area contributed by atoms with Gasteiger partial charge in [0.05, 0.1) is 16.7 Å². The standard InChI is InChI=1S/C15H12BrClN4O2/c16-13-10-11(17)6-7-14(13)23-9-8-20-15(22)21(19-18-20)12-4-2-1-3-5-12/h1-7,10H,8-9H2. The zero-order valence-corrected chi connectivity index (χ0v) is 14.2. The molecular formula is C15H12BrClN4O2. The van der Waals surface area contributed by atoms with Gasteiger partial charge in [-0.15, -0.1) is 0 Å². The number of ether oxygens (including phenoxy) is 1. The summed E-state index contributed by atoms with van der Waals surface area (Å²) in [6.45, 7) is 0.578. The van der Waals surface area contributed by atoms with Crippen LogP contribution >= 0.6 is 27.5 Å². The molecule has 0 saturated heterocycles. The second kappa shape index (κ2) is 6.97. The number of tetrazole rings is 1. The van der Waals surface area contributed by atoms with Crippen molar-refractivity contribution in [3.8, 4) is 11.4 Å². The van der Waals surface area contributed by atoms with Crippen LogP contribution in [0.5, 0.6) is 5.75 Å². The number of aromatic nitrogens is 4. The summed E-state index contributed by atoms with van der Waals surface area (Å²) in [5, 5.41) is 8.36. The summed E-state index contributed by atoms with van der Waals surface area (Å²) in [4.78, 5) is 12.2. The lowest BCUT2D eigenvalue weighted by atomic mass is 10.3. The Labute approximate surface area is 145 Å². The Hall–Kier alpha value is -2.12. The number of benzene rings is 2. The Balaban J connectivity index is 1.68. The molecule has 0 bridgehead atoms. The van der Waals surface area contributed by atoms with Gasteiger partial charge in [-0.1, -0.05) is 29.8 Å². The molecule has 1 aromatic heterocycles. The van der Waals surface area contributed by atoms with Gasteiger partial charge in [-0.2, -0.15) is 9.36 Å². The second-order valence-corrected chi connectivity index (χ2v) is 5.95. The smallest absolute Gasteiger partial charge is 0.368 e. The summed E-state index contributed by atoms with van der Waals surface area (Å²) in [5.74, 6) is 0.651. The molecule has 0 aliphatic rings. The molecule has 118 valence electrons. The molecule has 0 spiro atoms. The number of halogens is 2. The van der Waals surface area contributed by atoms with Crippen molar-refractivity contribution in [2.24, 2.45) is 0 Å². The van der Waals surface area contributed by atoms with Gasteiger partial charge in [-0.05, 0) is 56.7 Å². The van der Waals surface area contributed by atoms with Gasteiger partial charge in [0.15, 0.2) is 0 Å². The number of nitrogens with zero attached hydrogens (tertiary/aromatic N) is 4. The molecule has 0 unspecified atom stereocenters. The highest BCUT2D eigenvalue weighted by molar-refractivity contribution is 9.10. The summed E-state index contributed by atoms with van der Waals surface area (Å²) in [5.41, 5.74) is 0.361. The number of hydrogen-bond acceptors (Lipinski definition) is 4. The maximum absolute atomic E-state index is 12.2. The van der Waals surface area contributed by atoms with E-state index in [1.54, 1.807) is 30.3 Å². The molecular weight excluding hydrogens is 384 g/mol. The molecule has 1 heterocycles. The monoisotopic (exact) mass is 394 g/mol. The van der Waals surface area contributed by atoms with Crippen molar-refractivity contribution in [2.45, 2.75) is 6.54 Å².